The van der Waals surface area contributed by atoms with Crippen LogP contribution < -0.4 is 4.74 Å². The van der Waals surface area contributed by atoms with Crippen LogP contribution in [-0.2, 0) is 0 Å². The largest absolute Gasteiger partial charge is 0.457 e. The van der Waals surface area contributed by atoms with E-state index in [1.165, 1.54) is 27.6 Å². The summed E-state index contributed by atoms with van der Waals surface area (Å²) in [5.74, 6) is 1.70. The molecule has 0 amide bonds. The van der Waals surface area contributed by atoms with Crippen molar-refractivity contribution < 1.29 is 4.74 Å². The zero-order chi connectivity index (χ0) is 18.8. The van der Waals surface area contributed by atoms with Gasteiger partial charge in [0.2, 0.25) is 0 Å². The van der Waals surface area contributed by atoms with Crippen LogP contribution in [0.5, 0.6) is 11.5 Å². The van der Waals surface area contributed by atoms with E-state index in [4.69, 9.17) is 4.74 Å². The van der Waals surface area contributed by atoms with Crippen molar-refractivity contribution in [1.29, 1.82) is 0 Å². The number of nitrogens with one attached hydrogen (secondary N) is 1. The molecule has 1 heterocycles. The number of hydrogen-bond donors (Lipinski definition) is 1. The highest BCUT2D eigenvalue weighted by molar-refractivity contribution is 5.87. The van der Waals surface area contributed by atoms with Crippen molar-refractivity contribution in [1.82, 2.24) is 9.88 Å². The lowest BCUT2D eigenvalue weighted by Gasteiger charge is -2.25. The van der Waals surface area contributed by atoms with Crippen LogP contribution >= 0.6 is 0 Å². The van der Waals surface area contributed by atoms with E-state index in [1.54, 1.807) is 0 Å². The van der Waals surface area contributed by atoms with Crippen LogP contribution in [0.4, 0.5) is 0 Å². The van der Waals surface area contributed by atoms with Gasteiger partial charge in [0.1, 0.15) is 11.5 Å². The third kappa shape index (κ3) is 3.46. The molecule has 1 N–H and O–H groups in total. The highest BCUT2D eigenvalue weighted by Crippen LogP contribution is 2.35. The summed E-state index contributed by atoms with van der Waals surface area (Å²) in [6.45, 7) is 2.17. The molecule has 0 aliphatic carbocycles. The average molecular weight is 356 g/mol. The Kier molecular flexibility index (Phi) is 4.69. The molecule has 0 aliphatic heterocycles. The summed E-state index contributed by atoms with van der Waals surface area (Å²) >= 11 is 0. The van der Waals surface area contributed by atoms with E-state index >= 15 is 0 Å². The predicted octanol–water partition coefficient (Wildman–Crippen LogP) is 5.92. The molecule has 1 unspecified atom stereocenters. The fraction of sp³-hybridized carbons (Fsp3) is 0.167. The number of benzene rings is 3. The second-order valence-corrected chi connectivity index (χ2v) is 7.10. The molecule has 136 valence electrons. The molecule has 1 atom stereocenters. The first-order valence-corrected chi connectivity index (χ1v) is 9.19. The summed E-state index contributed by atoms with van der Waals surface area (Å²) in [5, 5.41) is 1.30. The van der Waals surface area contributed by atoms with E-state index in [-0.39, 0.29) is 6.04 Å². The van der Waals surface area contributed by atoms with Gasteiger partial charge < -0.3 is 9.72 Å². The Hall–Kier alpha value is -3.04. The highest BCUT2D eigenvalue weighted by atomic mass is 16.5. The van der Waals surface area contributed by atoms with Crippen LogP contribution in [-0.4, -0.2) is 24.0 Å². The van der Waals surface area contributed by atoms with Crippen molar-refractivity contribution in [2.24, 2.45) is 0 Å². The van der Waals surface area contributed by atoms with Crippen LogP contribution in [0.1, 0.15) is 22.7 Å². The zero-order valence-electron chi connectivity index (χ0n) is 15.9. The molecule has 0 bridgehead atoms. The van der Waals surface area contributed by atoms with E-state index in [9.17, 15) is 0 Å². The van der Waals surface area contributed by atoms with Gasteiger partial charge in [-0.15, -0.1) is 0 Å². The van der Waals surface area contributed by atoms with Gasteiger partial charge in [0, 0.05) is 17.1 Å². The maximum atomic E-state index is 6.05. The minimum absolute atomic E-state index is 0.138. The Morgan fingerprint density at radius 3 is 2.37 bits per heavy atom. The van der Waals surface area contributed by atoms with Gasteiger partial charge in [-0.25, -0.2) is 0 Å². The molecule has 3 nitrogen and oxygen atoms in total. The van der Waals surface area contributed by atoms with Crippen LogP contribution in [0.3, 0.4) is 0 Å². The summed E-state index contributed by atoms with van der Waals surface area (Å²) in [5.41, 5.74) is 4.95. The summed E-state index contributed by atoms with van der Waals surface area (Å²) in [4.78, 5) is 5.68. The molecule has 3 aromatic carbocycles. The summed E-state index contributed by atoms with van der Waals surface area (Å²) < 4.78 is 6.05. The summed E-state index contributed by atoms with van der Waals surface area (Å²) in [6.07, 6.45) is 2.13. The minimum atomic E-state index is 0.138. The van der Waals surface area contributed by atoms with Gasteiger partial charge in [-0.1, -0.05) is 42.5 Å². The highest BCUT2D eigenvalue weighted by Gasteiger charge is 2.21. The molecule has 0 saturated carbocycles. The van der Waals surface area contributed by atoms with Crippen molar-refractivity contribution in [3.63, 3.8) is 0 Å². The molecule has 1 aromatic heterocycles. The quantitative estimate of drug-likeness (QED) is 0.481. The molecule has 27 heavy (non-hydrogen) atoms. The lowest BCUT2D eigenvalue weighted by atomic mass is 9.95. The first-order chi connectivity index (χ1) is 13.1. The van der Waals surface area contributed by atoms with Crippen molar-refractivity contribution in [2.75, 3.05) is 14.1 Å². The van der Waals surface area contributed by atoms with E-state index in [0.29, 0.717) is 0 Å². The van der Waals surface area contributed by atoms with E-state index in [1.807, 2.05) is 36.4 Å². The smallest absolute Gasteiger partial charge is 0.127 e. The van der Waals surface area contributed by atoms with Crippen LogP contribution in [0.15, 0.2) is 79.0 Å². The Balaban J connectivity index is 1.76. The maximum Gasteiger partial charge on any atom is 0.127 e. The van der Waals surface area contributed by atoms with Gasteiger partial charge in [-0.2, -0.15) is 0 Å². The number of aryl methyl sites for hydroxylation is 1. The zero-order valence-corrected chi connectivity index (χ0v) is 15.9. The third-order valence-electron chi connectivity index (χ3n) is 4.91. The topological polar surface area (TPSA) is 28.3 Å². The Morgan fingerprint density at radius 1 is 0.852 bits per heavy atom. The van der Waals surface area contributed by atoms with Gasteiger partial charge in [0.25, 0.3) is 0 Å². The molecule has 4 rings (SSSR count). The molecule has 0 radical (unpaired) electrons. The van der Waals surface area contributed by atoms with Gasteiger partial charge >= 0.3 is 0 Å². The van der Waals surface area contributed by atoms with Crippen LogP contribution in [0.2, 0.25) is 0 Å². The monoisotopic (exact) mass is 356 g/mol. The van der Waals surface area contributed by atoms with Gasteiger partial charge in [0.05, 0.1) is 6.04 Å². The van der Waals surface area contributed by atoms with Crippen LogP contribution in [0.25, 0.3) is 10.9 Å². The molecule has 3 heteroatoms. The molecule has 0 saturated heterocycles. The second-order valence-electron chi connectivity index (χ2n) is 7.10. The molecular formula is C24H24N2O. The maximum absolute atomic E-state index is 6.05. The number of hydrogen-bond acceptors (Lipinski definition) is 2. The first kappa shape index (κ1) is 17.4. The number of nitrogens with zero attached hydrogens (tertiary/aromatic N) is 1. The van der Waals surface area contributed by atoms with Crippen LogP contribution in [0, 0.1) is 6.92 Å². The van der Waals surface area contributed by atoms with E-state index in [2.05, 4.69) is 73.5 Å². The van der Waals surface area contributed by atoms with E-state index < -0.39 is 0 Å². The van der Waals surface area contributed by atoms with Crippen molar-refractivity contribution >= 4 is 10.9 Å². The third-order valence-corrected chi connectivity index (χ3v) is 4.91. The minimum Gasteiger partial charge on any atom is -0.457 e. The standard InChI is InChI=1S/C24H24N2O/c1-17-9-7-14-22-23(17)21(16-25-22)24(26(2)3)18-10-8-13-20(15-18)27-19-11-5-4-6-12-19/h4-16,24-25H,1-3H3. The van der Waals surface area contributed by atoms with Crippen molar-refractivity contribution in [2.45, 2.75) is 13.0 Å². The Bertz CT molecular complexity index is 1050. The normalized spacial score (nSPS) is 12.4. The predicted molar refractivity (Wildman–Crippen MR) is 112 cm³/mol. The number of H-pyrrole nitrogens is 1. The molecule has 0 fully saturated rings. The second kappa shape index (κ2) is 7.29. The SMILES string of the molecule is Cc1cccc2[nH]cc(C(c3cccc(Oc4ccccc4)c3)N(C)C)c12. The molecule has 4 aromatic rings. The molecule has 0 spiro atoms. The lowest BCUT2D eigenvalue weighted by Crippen LogP contribution is -2.21. The number of aromatic amines is 1. The van der Waals surface area contributed by atoms with Crippen molar-refractivity contribution in [3.05, 3.63) is 95.7 Å². The number of para-hydroxylation sites is 1. The number of fused-ring (bicyclic) bond motifs is 1. The number of rotatable bonds is 5. The van der Waals surface area contributed by atoms with Crippen molar-refractivity contribution in [3.8, 4) is 11.5 Å². The summed E-state index contributed by atoms with van der Waals surface area (Å²) in [7, 11) is 4.24. The molecular weight excluding hydrogens is 332 g/mol. The molecule has 0 aliphatic rings. The van der Waals surface area contributed by atoms with Gasteiger partial charge in [-0.05, 0) is 68.0 Å². The summed E-state index contributed by atoms with van der Waals surface area (Å²) in [6, 6.07) is 24.8. The Morgan fingerprint density at radius 2 is 1.59 bits per heavy atom. The Labute approximate surface area is 160 Å². The lowest BCUT2D eigenvalue weighted by molar-refractivity contribution is 0.343. The number of aromatic nitrogens is 1. The van der Waals surface area contributed by atoms with Gasteiger partial charge in [-0.3, -0.25) is 4.90 Å². The number of ether oxygens (including phenoxy) is 1. The first-order valence-electron chi connectivity index (χ1n) is 9.19. The van der Waals surface area contributed by atoms with Gasteiger partial charge in [0.15, 0.2) is 0 Å². The average Bonchev–Trinajstić information content (AvgIpc) is 3.08. The fourth-order valence-electron chi connectivity index (χ4n) is 3.74. The fourth-order valence-corrected chi connectivity index (χ4v) is 3.74. The van der Waals surface area contributed by atoms with E-state index in [0.717, 1.165) is 11.5 Å².